The molecule has 0 unspecified atom stereocenters. The van der Waals surface area contributed by atoms with Crippen molar-refractivity contribution in [3.8, 4) is 17.2 Å². The molecule has 4 nitrogen and oxygen atoms in total. The predicted octanol–water partition coefficient (Wildman–Crippen LogP) is 4.25. The normalized spacial score (nSPS) is 10.7. The zero-order chi connectivity index (χ0) is 15.5. The van der Waals surface area contributed by atoms with E-state index in [-0.39, 0.29) is 17.7 Å². The smallest absolute Gasteiger partial charge is 0.226 e. The van der Waals surface area contributed by atoms with Crippen LogP contribution >= 0.6 is 11.6 Å². The first kappa shape index (κ1) is 14.5. The third-order valence-electron chi connectivity index (χ3n) is 2.82. The zero-order valence-corrected chi connectivity index (χ0v) is 11.8. The predicted molar refractivity (Wildman–Crippen MR) is 75.4 cm³/mol. The molecule has 7 heteroatoms. The lowest BCUT2D eigenvalue weighted by Gasteiger charge is -2.04. The first-order chi connectivity index (χ1) is 10.6. The molecule has 112 valence electrons. The second-order valence-corrected chi connectivity index (χ2v) is 4.71. The number of rotatable bonds is 4. The largest absolute Gasteiger partial charge is 0.484 e. The number of halogens is 3. The van der Waals surface area contributed by atoms with Gasteiger partial charge in [-0.15, -0.1) is 0 Å². The Bertz CT molecular complexity index is 808. The van der Waals surface area contributed by atoms with Crippen LogP contribution in [0.3, 0.4) is 0 Å². The molecule has 1 aromatic carbocycles. The van der Waals surface area contributed by atoms with E-state index in [1.807, 2.05) is 0 Å². The lowest BCUT2D eigenvalue weighted by Crippen LogP contribution is -1.97. The summed E-state index contributed by atoms with van der Waals surface area (Å²) in [6.07, 6.45) is 2.92. The summed E-state index contributed by atoms with van der Waals surface area (Å²) in [4.78, 5) is 8.03. The van der Waals surface area contributed by atoms with Gasteiger partial charge in [0, 0.05) is 11.8 Å². The summed E-state index contributed by atoms with van der Waals surface area (Å²) in [6.45, 7) is 0.110. The van der Waals surface area contributed by atoms with Crippen LogP contribution in [0, 0.1) is 11.6 Å². The fourth-order valence-corrected chi connectivity index (χ4v) is 1.94. The van der Waals surface area contributed by atoms with E-state index in [2.05, 4.69) is 9.97 Å². The Balaban J connectivity index is 1.74. The number of benzene rings is 1. The first-order valence-electron chi connectivity index (χ1n) is 6.26. The van der Waals surface area contributed by atoms with E-state index in [4.69, 9.17) is 20.8 Å². The highest BCUT2D eigenvalue weighted by atomic mass is 35.5. The topological polar surface area (TPSA) is 48.2 Å². The Morgan fingerprint density at radius 2 is 2.05 bits per heavy atom. The molecule has 0 atom stereocenters. The van der Waals surface area contributed by atoms with Gasteiger partial charge in [-0.3, -0.25) is 0 Å². The average molecular weight is 323 g/mol. The van der Waals surface area contributed by atoms with Crippen LogP contribution in [0.2, 0.25) is 5.15 Å². The van der Waals surface area contributed by atoms with Gasteiger partial charge in [0.25, 0.3) is 0 Å². The molecule has 0 aliphatic heterocycles. The molecule has 0 radical (unpaired) electrons. The lowest BCUT2D eigenvalue weighted by atomic mass is 10.2. The molecular weight excluding hydrogens is 314 g/mol. The van der Waals surface area contributed by atoms with Gasteiger partial charge in [0.1, 0.15) is 18.6 Å². The highest BCUT2D eigenvalue weighted by molar-refractivity contribution is 6.30. The maximum absolute atomic E-state index is 13.2. The molecular formula is C15H9ClF2N2O2. The van der Waals surface area contributed by atoms with E-state index >= 15 is 0 Å². The summed E-state index contributed by atoms with van der Waals surface area (Å²) >= 11 is 5.87. The monoisotopic (exact) mass is 322 g/mol. The molecule has 0 saturated heterocycles. The zero-order valence-electron chi connectivity index (χ0n) is 11.1. The van der Waals surface area contributed by atoms with Crippen LogP contribution in [-0.2, 0) is 6.61 Å². The number of oxazole rings is 1. The molecule has 0 N–H and O–H groups in total. The highest BCUT2D eigenvalue weighted by Crippen LogP contribution is 2.23. The molecule has 0 bridgehead atoms. The van der Waals surface area contributed by atoms with Crippen molar-refractivity contribution in [2.75, 3.05) is 0 Å². The van der Waals surface area contributed by atoms with Crippen LogP contribution < -0.4 is 4.74 Å². The van der Waals surface area contributed by atoms with Gasteiger partial charge < -0.3 is 9.15 Å². The van der Waals surface area contributed by atoms with E-state index < -0.39 is 11.6 Å². The average Bonchev–Trinajstić information content (AvgIpc) is 2.98. The van der Waals surface area contributed by atoms with Crippen LogP contribution in [0.15, 0.2) is 47.2 Å². The quantitative estimate of drug-likeness (QED) is 0.674. The fourth-order valence-electron chi connectivity index (χ4n) is 1.77. The van der Waals surface area contributed by atoms with Crippen LogP contribution in [0.4, 0.5) is 8.78 Å². The van der Waals surface area contributed by atoms with E-state index in [0.29, 0.717) is 17.0 Å². The summed E-state index contributed by atoms with van der Waals surface area (Å²) in [5.74, 6) is -1.29. The van der Waals surface area contributed by atoms with Gasteiger partial charge >= 0.3 is 0 Å². The lowest BCUT2D eigenvalue weighted by molar-refractivity contribution is 0.300. The van der Waals surface area contributed by atoms with Gasteiger partial charge in [-0.1, -0.05) is 11.6 Å². The van der Waals surface area contributed by atoms with E-state index in [1.165, 1.54) is 12.3 Å². The standard InChI is InChI=1S/C15H9ClF2N2O2/c16-14-13(2-1-5-19-14)21-7-10-8-22-15(20-10)9-3-4-11(17)12(18)6-9/h1-6,8H,7H2. The molecule has 0 aliphatic rings. The summed E-state index contributed by atoms with van der Waals surface area (Å²) in [5, 5.41) is 0.242. The molecule has 2 heterocycles. The van der Waals surface area contributed by atoms with Gasteiger partial charge in [0.15, 0.2) is 22.5 Å². The molecule has 0 aliphatic carbocycles. The number of nitrogens with zero attached hydrogens (tertiary/aromatic N) is 2. The third kappa shape index (κ3) is 3.07. The molecule has 3 aromatic rings. The van der Waals surface area contributed by atoms with Crippen molar-refractivity contribution < 1.29 is 17.9 Å². The molecule has 0 spiro atoms. The van der Waals surface area contributed by atoms with E-state index in [9.17, 15) is 8.78 Å². The van der Waals surface area contributed by atoms with Gasteiger partial charge in [0.2, 0.25) is 5.89 Å². The number of ether oxygens (including phenoxy) is 1. The Hall–Kier alpha value is -2.47. The summed E-state index contributed by atoms with van der Waals surface area (Å²) < 4.78 is 36.8. The molecule has 2 aromatic heterocycles. The molecule has 3 rings (SSSR count). The van der Waals surface area contributed by atoms with Crippen molar-refractivity contribution in [2.24, 2.45) is 0 Å². The van der Waals surface area contributed by atoms with Crippen molar-refractivity contribution in [3.05, 3.63) is 65.3 Å². The third-order valence-corrected chi connectivity index (χ3v) is 3.10. The van der Waals surface area contributed by atoms with Gasteiger partial charge in [0.05, 0.1) is 0 Å². The maximum Gasteiger partial charge on any atom is 0.226 e. The number of pyridine rings is 1. The van der Waals surface area contributed by atoms with Gasteiger partial charge in [-0.25, -0.2) is 18.7 Å². The van der Waals surface area contributed by atoms with Crippen molar-refractivity contribution in [3.63, 3.8) is 0 Å². The number of hydrogen-bond acceptors (Lipinski definition) is 4. The fraction of sp³-hybridized carbons (Fsp3) is 0.0667. The maximum atomic E-state index is 13.2. The summed E-state index contributed by atoms with van der Waals surface area (Å²) in [7, 11) is 0. The summed E-state index contributed by atoms with van der Waals surface area (Å²) in [6, 6.07) is 6.78. The molecule has 0 saturated carbocycles. The summed E-state index contributed by atoms with van der Waals surface area (Å²) in [5.41, 5.74) is 0.823. The minimum absolute atomic E-state index is 0.110. The van der Waals surface area contributed by atoms with Crippen LogP contribution in [0.1, 0.15) is 5.69 Å². The SMILES string of the molecule is Fc1ccc(-c2nc(COc3cccnc3Cl)co2)cc1F. The Morgan fingerprint density at radius 1 is 1.18 bits per heavy atom. The highest BCUT2D eigenvalue weighted by Gasteiger charge is 2.11. The Kier molecular flexibility index (Phi) is 4.02. The van der Waals surface area contributed by atoms with Gasteiger partial charge in [-0.05, 0) is 30.3 Å². The molecule has 0 fully saturated rings. The van der Waals surface area contributed by atoms with E-state index in [1.54, 1.807) is 18.3 Å². The van der Waals surface area contributed by atoms with Gasteiger partial charge in [-0.2, -0.15) is 0 Å². The van der Waals surface area contributed by atoms with E-state index in [0.717, 1.165) is 12.1 Å². The number of hydrogen-bond donors (Lipinski definition) is 0. The Labute approximate surface area is 129 Å². The van der Waals surface area contributed by atoms with Crippen molar-refractivity contribution in [2.45, 2.75) is 6.61 Å². The molecule has 22 heavy (non-hydrogen) atoms. The first-order valence-corrected chi connectivity index (χ1v) is 6.64. The van der Waals surface area contributed by atoms with Crippen LogP contribution in [0.5, 0.6) is 5.75 Å². The van der Waals surface area contributed by atoms with Crippen molar-refractivity contribution >= 4 is 11.6 Å². The Morgan fingerprint density at radius 3 is 2.82 bits per heavy atom. The van der Waals surface area contributed by atoms with Crippen molar-refractivity contribution in [1.29, 1.82) is 0 Å². The molecule has 0 amide bonds. The second kappa shape index (κ2) is 6.11. The minimum Gasteiger partial charge on any atom is -0.484 e. The minimum atomic E-state index is -0.962. The van der Waals surface area contributed by atoms with Crippen molar-refractivity contribution in [1.82, 2.24) is 9.97 Å². The van der Waals surface area contributed by atoms with Crippen LogP contribution in [0.25, 0.3) is 11.5 Å². The number of aromatic nitrogens is 2. The van der Waals surface area contributed by atoms with Crippen LogP contribution in [-0.4, -0.2) is 9.97 Å². The second-order valence-electron chi connectivity index (χ2n) is 4.35.